The van der Waals surface area contributed by atoms with Crippen LogP contribution in [0.25, 0.3) is 0 Å². The number of hydrogen-bond acceptors (Lipinski definition) is 3. The third-order valence-corrected chi connectivity index (χ3v) is 2.10. The summed E-state index contributed by atoms with van der Waals surface area (Å²) < 4.78 is 12.9. The van der Waals surface area contributed by atoms with Gasteiger partial charge in [-0.3, -0.25) is 9.78 Å². The standard InChI is InChI=1S/C12H9FN2O/c13-10-3-1-2-9(6-10)7-12(16)11-8-14-4-5-15-11/h1-6,8H,7H2. The number of ketones is 1. The maximum absolute atomic E-state index is 12.9. The highest BCUT2D eigenvalue weighted by molar-refractivity contribution is 5.95. The van der Waals surface area contributed by atoms with Crippen molar-refractivity contribution in [3.05, 3.63) is 59.9 Å². The van der Waals surface area contributed by atoms with Gasteiger partial charge in [-0.25, -0.2) is 9.37 Å². The average molecular weight is 216 g/mol. The van der Waals surface area contributed by atoms with Gasteiger partial charge in [0.1, 0.15) is 11.5 Å². The molecule has 0 saturated carbocycles. The van der Waals surface area contributed by atoms with E-state index in [-0.39, 0.29) is 18.0 Å². The molecule has 0 aliphatic carbocycles. The number of rotatable bonds is 3. The van der Waals surface area contributed by atoms with E-state index >= 15 is 0 Å². The Labute approximate surface area is 92.0 Å². The van der Waals surface area contributed by atoms with E-state index in [0.717, 1.165) is 0 Å². The van der Waals surface area contributed by atoms with Gasteiger partial charge in [0.15, 0.2) is 5.78 Å². The summed E-state index contributed by atoms with van der Waals surface area (Å²) in [5.74, 6) is -0.511. The van der Waals surface area contributed by atoms with E-state index in [9.17, 15) is 9.18 Å². The van der Waals surface area contributed by atoms with E-state index < -0.39 is 0 Å². The maximum atomic E-state index is 12.9. The van der Waals surface area contributed by atoms with Gasteiger partial charge in [-0.05, 0) is 17.7 Å². The minimum Gasteiger partial charge on any atom is -0.292 e. The SMILES string of the molecule is O=C(Cc1cccc(F)c1)c1cnccn1. The second-order valence-corrected chi connectivity index (χ2v) is 3.32. The highest BCUT2D eigenvalue weighted by Crippen LogP contribution is 2.07. The van der Waals surface area contributed by atoms with Gasteiger partial charge in [0.05, 0.1) is 6.20 Å². The zero-order valence-electron chi connectivity index (χ0n) is 8.43. The van der Waals surface area contributed by atoms with Gasteiger partial charge in [-0.15, -0.1) is 0 Å². The van der Waals surface area contributed by atoms with Crippen LogP contribution in [0.1, 0.15) is 16.1 Å². The molecule has 80 valence electrons. The first-order chi connectivity index (χ1) is 7.75. The molecule has 0 amide bonds. The molecule has 1 heterocycles. The van der Waals surface area contributed by atoms with Gasteiger partial charge in [0, 0.05) is 18.8 Å². The number of hydrogen-bond donors (Lipinski definition) is 0. The van der Waals surface area contributed by atoms with E-state index in [0.29, 0.717) is 11.3 Å². The Morgan fingerprint density at radius 2 is 2.19 bits per heavy atom. The molecule has 16 heavy (non-hydrogen) atoms. The monoisotopic (exact) mass is 216 g/mol. The van der Waals surface area contributed by atoms with Crippen LogP contribution >= 0.6 is 0 Å². The van der Waals surface area contributed by atoms with Gasteiger partial charge < -0.3 is 0 Å². The predicted octanol–water partition coefficient (Wildman–Crippen LogP) is 2.04. The van der Waals surface area contributed by atoms with E-state index in [2.05, 4.69) is 9.97 Å². The summed E-state index contributed by atoms with van der Waals surface area (Å²) >= 11 is 0. The lowest BCUT2D eigenvalue weighted by Gasteiger charge is -2.00. The lowest BCUT2D eigenvalue weighted by molar-refractivity contribution is 0.0988. The normalized spacial score (nSPS) is 10.1. The van der Waals surface area contributed by atoms with Crippen molar-refractivity contribution < 1.29 is 9.18 Å². The van der Waals surface area contributed by atoms with E-state index in [1.54, 1.807) is 12.1 Å². The van der Waals surface area contributed by atoms with Gasteiger partial charge >= 0.3 is 0 Å². The Balaban J connectivity index is 2.14. The molecule has 1 aromatic carbocycles. The fourth-order valence-corrected chi connectivity index (χ4v) is 1.37. The number of benzene rings is 1. The quantitative estimate of drug-likeness (QED) is 0.737. The number of Topliss-reactive ketones (excluding diaryl/α,β-unsaturated/α-hetero) is 1. The summed E-state index contributed by atoms with van der Waals surface area (Å²) in [5.41, 5.74) is 0.933. The van der Waals surface area contributed by atoms with E-state index in [1.165, 1.54) is 30.7 Å². The molecule has 2 rings (SSSR count). The molecule has 0 aliphatic heterocycles. The van der Waals surface area contributed by atoms with Gasteiger partial charge in [0.25, 0.3) is 0 Å². The first-order valence-electron chi connectivity index (χ1n) is 4.79. The van der Waals surface area contributed by atoms with Gasteiger partial charge in [0.2, 0.25) is 0 Å². The van der Waals surface area contributed by atoms with Crippen molar-refractivity contribution in [2.75, 3.05) is 0 Å². The molecule has 0 spiro atoms. The highest BCUT2D eigenvalue weighted by Gasteiger charge is 2.08. The maximum Gasteiger partial charge on any atom is 0.187 e. The Morgan fingerprint density at radius 1 is 1.31 bits per heavy atom. The summed E-state index contributed by atoms with van der Waals surface area (Å²) in [6.07, 6.45) is 4.50. The van der Waals surface area contributed by atoms with Crippen LogP contribution in [0.4, 0.5) is 4.39 Å². The molecular weight excluding hydrogens is 207 g/mol. The molecule has 0 bridgehead atoms. The summed E-state index contributed by atoms with van der Waals surface area (Å²) in [6, 6.07) is 5.97. The molecule has 0 aliphatic rings. The molecule has 2 aromatic rings. The average Bonchev–Trinajstić information content (AvgIpc) is 2.30. The zero-order chi connectivity index (χ0) is 11.4. The van der Waals surface area contributed by atoms with E-state index in [1.807, 2.05) is 0 Å². The molecule has 0 radical (unpaired) electrons. The number of aromatic nitrogens is 2. The van der Waals surface area contributed by atoms with Crippen LogP contribution in [0.15, 0.2) is 42.9 Å². The Kier molecular flexibility index (Phi) is 3.00. The van der Waals surface area contributed by atoms with Crippen molar-refractivity contribution in [3.8, 4) is 0 Å². The molecule has 0 saturated heterocycles. The lowest BCUT2D eigenvalue weighted by atomic mass is 10.1. The van der Waals surface area contributed by atoms with Crippen LogP contribution in [0.5, 0.6) is 0 Å². The molecular formula is C12H9FN2O. The van der Waals surface area contributed by atoms with Crippen LogP contribution in [0.2, 0.25) is 0 Å². The Morgan fingerprint density at radius 3 is 2.88 bits per heavy atom. The number of nitrogens with zero attached hydrogens (tertiary/aromatic N) is 2. The fourth-order valence-electron chi connectivity index (χ4n) is 1.37. The summed E-state index contributed by atoms with van der Waals surface area (Å²) in [7, 11) is 0. The molecule has 3 nitrogen and oxygen atoms in total. The van der Waals surface area contributed by atoms with Crippen molar-refractivity contribution >= 4 is 5.78 Å². The first-order valence-corrected chi connectivity index (χ1v) is 4.79. The second kappa shape index (κ2) is 4.61. The fraction of sp³-hybridized carbons (Fsp3) is 0.0833. The van der Waals surface area contributed by atoms with Crippen molar-refractivity contribution in [3.63, 3.8) is 0 Å². The topological polar surface area (TPSA) is 42.9 Å². The smallest absolute Gasteiger partial charge is 0.187 e. The van der Waals surface area contributed by atoms with Crippen molar-refractivity contribution in [1.82, 2.24) is 9.97 Å². The van der Waals surface area contributed by atoms with E-state index in [4.69, 9.17) is 0 Å². The van der Waals surface area contributed by atoms with Crippen molar-refractivity contribution in [2.45, 2.75) is 6.42 Å². The minimum atomic E-state index is -0.343. The molecule has 0 N–H and O–H groups in total. The lowest BCUT2D eigenvalue weighted by Crippen LogP contribution is -2.06. The third-order valence-electron chi connectivity index (χ3n) is 2.10. The number of halogens is 1. The summed E-state index contributed by atoms with van der Waals surface area (Å²) in [4.78, 5) is 19.4. The largest absolute Gasteiger partial charge is 0.292 e. The number of carbonyl (C=O) groups excluding carboxylic acids is 1. The molecule has 0 unspecified atom stereocenters. The molecule has 0 fully saturated rings. The van der Waals surface area contributed by atoms with Crippen LogP contribution in [-0.4, -0.2) is 15.8 Å². The van der Waals surface area contributed by atoms with Crippen LogP contribution in [-0.2, 0) is 6.42 Å². The van der Waals surface area contributed by atoms with Crippen LogP contribution < -0.4 is 0 Å². The molecule has 0 atom stereocenters. The molecule has 1 aromatic heterocycles. The Hall–Kier alpha value is -2.10. The van der Waals surface area contributed by atoms with Crippen LogP contribution in [0.3, 0.4) is 0 Å². The van der Waals surface area contributed by atoms with Crippen molar-refractivity contribution in [2.24, 2.45) is 0 Å². The second-order valence-electron chi connectivity index (χ2n) is 3.32. The number of carbonyl (C=O) groups is 1. The van der Waals surface area contributed by atoms with Crippen LogP contribution in [0, 0.1) is 5.82 Å². The Bertz CT molecular complexity index is 499. The predicted molar refractivity (Wildman–Crippen MR) is 56.5 cm³/mol. The van der Waals surface area contributed by atoms with Gasteiger partial charge in [-0.1, -0.05) is 12.1 Å². The third kappa shape index (κ3) is 2.48. The minimum absolute atomic E-state index is 0.135. The summed E-state index contributed by atoms with van der Waals surface area (Å²) in [6.45, 7) is 0. The first kappa shape index (κ1) is 10.4. The zero-order valence-corrected chi connectivity index (χ0v) is 8.43. The molecule has 4 heteroatoms. The summed E-state index contributed by atoms with van der Waals surface area (Å²) in [5, 5.41) is 0. The van der Waals surface area contributed by atoms with Crippen molar-refractivity contribution in [1.29, 1.82) is 0 Å². The van der Waals surface area contributed by atoms with Gasteiger partial charge in [-0.2, -0.15) is 0 Å². The highest BCUT2D eigenvalue weighted by atomic mass is 19.1.